The standard InChI is InChI=1S/C19H20ClNO6S/c20-16-8-13(9-17-19(16)27-6-5-26-17)10-18(22)21(11-15-2-1-4-25-15)14-3-7-28(23,24)12-14/h1-2,4,8-9,14H,3,5-7,10-12H2. The van der Waals surface area contributed by atoms with Crippen LogP contribution in [-0.4, -0.2) is 50.0 Å². The molecule has 150 valence electrons. The average Bonchev–Trinajstić information content (AvgIpc) is 3.28. The molecule has 28 heavy (non-hydrogen) atoms. The summed E-state index contributed by atoms with van der Waals surface area (Å²) in [5.41, 5.74) is 0.685. The van der Waals surface area contributed by atoms with Gasteiger partial charge in [0.15, 0.2) is 21.3 Å². The van der Waals surface area contributed by atoms with Crippen LogP contribution in [0.4, 0.5) is 0 Å². The summed E-state index contributed by atoms with van der Waals surface area (Å²) in [7, 11) is -3.13. The summed E-state index contributed by atoms with van der Waals surface area (Å²) >= 11 is 6.27. The molecule has 3 heterocycles. The molecule has 1 fully saturated rings. The first kappa shape index (κ1) is 19.1. The quantitative estimate of drug-likeness (QED) is 0.731. The molecular weight excluding hydrogens is 406 g/mol. The molecule has 1 aromatic carbocycles. The molecule has 1 aromatic heterocycles. The van der Waals surface area contributed by atoms with Crippen LogP contribution >= 0.6 is 11.6 Å². The molecule has 0 saturated carbocycles. The summed E-state index contributed by atoms with van der Waals surface area (Å²) in [6.07, 6.45) is 2.04. The van der Waals surface area contributed by atoms with Gasteiger partial charge in [-0.2, -0.15) is 0 Å². The molecular formula is C19H20ClNO6S. The Morgan fingerprint density at radius 1 is 1.25 bits per heavy atom. The highest BCUT2D eigenvalue weighted by atomic mass is 35.5. The molecule has 1 unspecified atom stereocenters. The summed E-state index contributed by atoms with van der Waals surface area (Å²) in [5.74, 6) is 1.49. The van der Waals surface area contributed by atoms with Crippen molar-refractivity contribution < 1.29 is 27.1 Å². The fraction of sp³-hybridized carbons (Fsp3) is 0.421. The maximum Gasteiger partial charge on any atom is 0.227 e. The van der Waals surface area contributed by atoms with E-state index in [1.54, 1.807) is 29.2 Å². The molecule has 0 N–H and O–H groups in total. The first-order valence-electron chi connectivity index (χ1n) is 9.01. The number of halogens is 1. The van der Waals surface area contributed by atoms with Crippen LogP contribution < -0.4 is 9.47 Å². The second kappa shape index (κ2) is 7.67. The number of furan rings is 1. The van der Waals surface area contributed by atoms with E-state index < -0.39 is 9.84 Å². The van der Waals surface area contributed by atoms with Gasteiger partial charge in [0.25, 0.3) is 0 Å². The van der Waals surface area contributed by atoms with Crippen molar-refractivity contribution in [2.75, 3.05) is 24.7 Å². The zero-order valence-electron chi connectivity index (χ0n) is 15.1. The first-order valence-corrected chi connectivity index (χ1v) is 11.2. The molecule has 2 aromatic rings. The number of sulfone groups is 1. The highest BCUT2D eigenvalue weighted by Gasteiger charge is 2.35. The largest absolute Gasteiger partial charge is 0.486 e. The van der Waals surface area contributed by atoms with Crippen LogP contribution in [0.5, 0.6) is 11.5 Å². The van der Waals surface area contributed by atoms with Crippen LogP contribution in [0.1, 0.15) is 17.7 Å². The summed E-state index contributed by atoms with van der Waals surface area (Å²) < 4.78 is 40.3. The number of rotatable bonds is 5. The van der Waals surface area contributed by atoms with Crippen LogP contribution in [0, 0.1) is 0 Å². The number of carbonyl (C=O) groups excluding carboxylic acids is 1. The minimum absolute atomic E-state index is 0.0264. The minimum atomic E-state index is -3.13. The van der Waals surface area contributed by atoms with Crippen LogP contribution in [-0.2, 0) is 27.6 Å². The van der Waals surface area contributed by atoms with Crippen LogP contribution in [0.2, 0.25) is 5.02 Å². The molecule has 9 heteroatoms. The van der Waals surface area contributed by atoms with Crippen molar-refractivity contribution in [1.29, 1.82) is 0 Å². The molecule has 7 nitrogen and oxygen atoms in total. The predicted molar refractivity (Wildman–Crippen MR) is 102 cm³/mol. The van der Waals surface area contributed by atoms with Gasteiger partial charge in [-0.25, -0.2) is 8.42 Å². The molecule has 0 spiro atoms. The van der Waals surface area contributed by atoms with E-state index in [1.807, 2.05) is 0 Å². The van der Waals surface area contributed by atoms with Gasteiger partial charge in [0.1, 0.15) is 19.0 Å². The average molecular weight is 426 g/mol. The van der Waals surface area contributed by atoms with Crippen molar-refractivity contribution in [3.63, 3.8) is 0 Å². The van der Waals surface area contributed by atoms with Crippen molar-refractivity contribution in [1.82, 2.24) is 4.90 Å². The van der Waals surface area contributed by atoms with E-state index in [9.17, 15) is 13.2 Å². The topological polar surface area (TPSA) is 86.1 Å². The lowest BCUT2D eigenvalue weighted by Crippen LogP contribution is -2.41. The molecule has 0 aliphatic carbocycles. The Morgan fingerprint density at radius 3 is 2.79 bits per heavy atom. The third kappa shape index (κ3) is 4.12. The summed E-state index contributed by atoms with van der Waals surface area (Å²) in [4.78, 5) is 14.7. The van der Waals surface area contributed by atoms with Gasteiger partial charge >= 0.3 is 0 Å². The molecule has 4 rings (SSSR count). The number of nitrogens with zero attached hydrogens (tertiary/aromatic N) is 1. The molecule has 2 aliphatic rings. The number of carbonyl (C=O) groups is 1. The van der Waals surface area contributed by atoms with Crippen molar-refractivity contribution in [3.05, 3.63) is 46.9 Å². The van der Waals surface area contributed by atoms with E-state index >= 15 is 0 Å². The van der Waals surface area contributed by atoms with Gasteiger partial charge in [0.2, 0.25) is 5.91 Å². The van der Waals surface area contributed by atoms with Gasteiger partial charge < -0.3 is 18.8 Å². The SMILES string of the molecule is O=C(Cc1cc(Cl)c2c(c1)OCCO2)N(Cc1ccco1)C1CCS(=O)(=O)C1. The number of benzene rings is 1. The van der Waals surface area contributed by atoms with Crippen molar-refractivity contribution in [2.45, 2.75) is 25.4 Å². The second-order valence-electron chi connectivity index (χ2n) is 6.94. The van der Waals surface area contributed by atoms with Crippen LogP contribution in [0.3, 0.4) is 0 Å². The van der Waals surface area contributed by atoms with Crippen LogP contribution in [0.15, 0.2) is 34.9 Å². The Labute approximate surface area is 168 Å². The lowest BCUT2D eigenvalue weighted by molar-refractivity contribution is -0.133. The summed E-state index contributed by atoms with van der Waals surface area (Å²) in [6.45, 7) is 1.08. The van der Waals surface area contributed by atoms with Crippen molar-refractivity contribution >= 4 is 27.3 Å². The predicted octanol–water partition coefficient (Wildman–Crippen LogP) is 2.46. The van der Waals surface area contributed by atoms with Crippen molar-refractivity contribution in [2.24, 2.45) is 0 Å². The Morgan fingerprint density at radius 2 is 2.07 bits per heavy atom. The Hall–Kier alpha value is -2.19. The van der Waals surface area contributed by atoms with Gasteiger partial charge in [0.05, 0.1) is 35.8 Å². The maximum atomic E-state index is 13.1. The second-order valence-corrected chi connectivity index (χ2v) is 9.57. The van der Waals surface area contributed by atoms with Crippen molar-refractivity contribution in [3.8, 4) is 11.5 Å². The smallest absolute Gasteiger partial charge is 0.227 e. The highest BCUT2D eigenvalue weighted by Crippen LogP contribution is 2.38. The van der Waals surface area contributed by atoms with E-state index in [-0.39, 0.29) is 36.4 Å². The molecule has 1 saturated heterocycles. The molecule has 0 bridgehead atoms. The van der Waals surface area contributed by atoms with E-state index in [4.69, 9.17) is 25.5 Å². The molecule has 2 aliphatic heterocycles. The lowest BCUT2D eigenvalue weighted by Gasteiger charge is -2.28. The zero-order valence-corrected chi connectivity index (χ0v) is 16.7. The number of fused-ring (bicyclic) bond motifs is 1. The summed E-state index contributed by atoms with van der Waals surface area (Å²) in [5, 5.41) is 0.390. The molecule has 1 amide bonds. The van der Waals surface area contributed by atoms with Gasteiger partial charge in [-0.3, -0.25) is 4.79 Å². The van der Waals surface area contributed by atoms with Gasteiger partial charge in [-0.1, -0.05) is 11.6 Å². The fourth-order valence-corrected chi connectivity index (χ4v) is 5.57. The number of hydrogen-bond acceptors (Lipinski definition) is 6. The van der Waals surface area contributed by atoms with Gasteiger partial charge in [0, 0.05) is 6.04 Å². The maximum absolute atomic E-state index is 13.1. The Balaban J connectivity index is 1.56. The monoisotopic (exact) mass is 425 g/mol. The number of amides is 1. The van der Waals surface area contributed by atoms with Crippen LogP contribution in [0.25, 0.3) is 0 Å². The number of ether oxygens (including phenoxy) is 2. The van der Waals surface area contributed by atoms with E-state index in [0.717, 1.165) is 0 Å². The minimum Gasteiger partial charge on any atom is -0.486 e. The molecule has 0 radical (unpaired) electrons. The lowest BCUT2D eigenvalue weighted by atomic mass is 10.1. The fourth-order valence-electron chi connectivity index (χ4n) is 3.56. The molecule has 1 atom stereocenters. The Bertz CT molecular complexity index is 973. The van der Waals surface area contributed by atoms with Gasteiger partial charge in [-0.15, -0.1) is 0 Å². The third-order valence-electron chi connectivity index (χ3n) is 4.89. The Kier molecular flexibility index (Phi) is 5.25. The highest BCUT2D eigenvalue weighted by molar-refractivity contribution is 7.91. The normalized spacial score (nSPS) is 20.1. The van der Waals surface area contributed by atoms with Gasteiger partial charge in [-0.05, 0) is 36.2 Å². The van der Waals surface area contributed by atoms with E-state index in [1.165, 1.54) is 6.26 Å². The first-order chi connectivity index (χ1) is 13.4. The van der Waals surface area contributed by atoms with E-state index in [2.05, 4.69) is 0 Å². The zero-order chi connectivity index (χ0) is 19.7. The third-order valence-corrected chi connectivity index (χ3v) is 6.92. The summed E-state index contributed by atoms with van der Waals surface area (Å²) in [6, 6.07) is 6.57. The number of hydrogen-bond donors (Lipinski definition) is 0. The van der Waals surface area contributed by atoms with E-state index in [0.29, 0.717) is 47.5 Å².